The molecule has 0 spiro atoms. The van der Waals surface area contributed by atoms with E-state index in [1.165, 1.54) is 0 Å². The number of aliphatic hydroxyl groups is 2. The third kappa shape index (κ3) is 4.77. The fourth-order valence-electron chi connectivity index (χ4n) is 0.836. The molecular formula is C8H10O12. The van der Waals surface area contributed by atoms with Crippen LogP contribution in [0.3, 0.4) is 0 Å². The molecule has 20 heavy (non-hydrogen) atoms. The minimum absolute atomic E-state index is 2.01. The fourth-order valence-corrected chi connectivity index (χ4v) is 0.836. The Balaban J connectivity index is 4.89. The zero-order chi connectivity index (χ0) is 16.0. The first kappa shape index (κ1) is 17.7. The Morgan fingerprint density at radius 2 is 0.850 bits per heavy atom. The normalized spacial score (nSPS) is 16.7. The number of hydrogen-bond acceptors (Lipinski definition) is 8. The summed E-state index contributed by atoms with van der Waals surface area (Å²) in [7, 11) is 0. The van der Waals surface area contributed by atoms with Crippen molar-refractivity contribution in [1.29, 1.82) is 0 Å². The van der Waals surface area contributed by atoms with E-state index in [1.807, 2.05) is 0 Å². The van der Waals surface area contributed by atoms with Gasteiger partial charge >= 0.3 is 23.9 Å². The van der Waals surface area contributed by atoms with Crippen molar-refractivity contribution in [1.82, 2.24) is 0 Å². The first-order valence-electron chi connectivity index (χ1n) is 4.69. The number of rotatable bonds is 9. The zero-order valence-corrected chi connectivity index (χ0v) is 9.44. The smallest absolute Gasteiger partial charge is 0.339 e. The van der Waals surface area contributed by atoms with Crippen molar-refractivity contribution in [3.63, 3.8) is 0 Å². The Morgan fingerprint density at radius 1 is 0.600 bits per heavy atom. The summed E-state index contributed by atoms with van der Waals surface area (Å²) in [5.74, 6) is -8.05. The Hall–Kier alpha value is -2.28. The summed E-state index contributed by atoms with van der Waals surface area (Å²) in [5.41, 5.74) is 0. The molecule has 0 aliphatic carbocycles. The maximum absolute atomic E-state index is 10.6. The van der Waals surface area contributed by atoms with Crippen molar-refractivity contribution in [3.05, 3.63) is 0 Å². The average molecular weight is 298 g/mol. The van der Waals surface area contributed by atoms with Crippen molar-refractivity contribution in [3.8, 4) is 0 Å². The zero-order valence-electron chi connectivity index (χ0n) is 9.44. The lowest BCUT2D eigenvalue weighted by molar-refractivity contribution is -0.358. The van der Waals surface area contributed by atoms with Crippen molar-refractivity contribution in [2.45, 2.75) is 24.4 Å². The maximum atomic E-state index is 10.6. The number of carboxylic acids is 4. The van der Waals surface area contributed by atoms with Gasteiger partial charge in [-0.1, -0.05) is 0 Å². The van der Waals surface area contributed by atoms with Crippen LogP contribution in [0.5, 0.6) is 0 Å². The van der Waals surface area contributed by atoms with Gasteiger partial charge < -0.3 is 30.6 Å². The predicted octanol–water partition coefficient (Wildman–Crippen LogP) is -3.27. The van der Waals surface area contributed by atoms with Gasteiger partial charge in [0, 0.05) is 0 Å². The molecule has 0 amide bonds. The van der Waals surface area contributed by atoms with Crippen LogP contribution >= 0.6 is 0 Å². The van der Waals surface area contributed by atoms with Gasteiger partial charge in [0.05, 0.1) is 0 Å². The molecule has 0 saturated heterocycles. The van der Waals surface area contributed by atoms with E-state index in [0.717, 1.165) is 0 Å². The highest BCUT2D eigenvalue weighted by Crippen LogP contribution is 2.08. The SMILES string of the molecule is O=C(O)C(O)C(OOC(C(=O)O)C(O)C(=O)O)C(=O)O. The molecule has 12 heteroatoms. The van der Waals surface area contributed by atoms with Crippen molar-refractivity contribution in [2.24, 2.45) is 0 Å². The van der Waals surface area contributed by atoms with Crippen LogP contribution in [-0.2, 0) is 29.0 Å². The molecule has 114 valence electrons. The third-order valence-corrected chi connectivity index (χ3v) is 1.83. The highest BCUT2D eigenvalue weighted by atomic mass is 17.2. The van der Waals surface area contributed by atoms with Gasteiger partial charge in [-0.15, -0.1) is 0 Å². The predicted molar refractivity (Wildman–Crippen MR) is 52.3 cm³/mol. The Kier molecular flexibility index (Phi) is 6.51. The molecule has 4 unspecified atom stereocenters. The second-order valence-corrected chi connectivity index (χ2v) is 3.28. The van der Waals surface area contributed by atoms with E-state index in [-0.39, 0.29) is 0 Å². The number of carboxylic acid groups (broad SMARTS) is 4. The summed E-state index contributed by atoms with van der Waals surface area (Å²) in [4.78, 5) is 49.6. The molecule has 0 aromatic carbocycles. The van der Waals surface area contributed by atoms with E-state index in [9.17, 15) is 19.2 Å². The first-order chi connectivity index (χ1) is 9.09. The quantitative estimate of drug-likeness (QED) is 0.183. The lowest BCUT2D eigenvalue weighted by Crippen LogP contribution is -2.46. The molecule has 0 saturated carbocycles. The summed E-state index contributed by atoms with van der Waals surface area (Å²) in [6.07, 6.45) is -10.3. The number of hydrogen-bond donors (Lipinski definition) is 6. The number of aliphatic carboxylic acids is 4. The first-order valence-corrected chi connectivity index (χ1v) is 4.69. The van der Waals surface area contributed by atoms with Crippen molar-refractivity contribution in [2.75, 3.05) is 0 Å². The summed E-state index contributed by atoms with van der Waals surface area (Å²) in [6, 6.07) is 0. The van der Waals surface area contributed by atoms with Crippen LogP contribution in [0.15, 0.2) is 0 Å². The lowest BCUT2D eigenvalue weighted by Gasteiger charge is -2.19. The fraction of sp³-hybridized carbons (Fsp3) is 0.500. The second-order valence-electron chi connectivity index (χ2n) is 3.28. The molecule has 0 rings (SSSR count). The molecule has 0 bridgehead atoms. The van der Waals surface area contributed by atoms with Crippen LogP contribution in [-0.4, -0.2) is 78.9 Å². The minimum Gasteiger partial charge on any atom is -0.479 e. The molecule has 0 aliphatic rings. The summed E-state index contributed by atoms with van der Waals surface area (Å²) in [5, 5.41) is 51.7. The van der Waals surface area contributed by atoms with Gasteiger partial charge in [-0.25, -0.2) is 29.0 Å². The van der Waals surface area contributed by atoms with E-state index >= 15 is 0 Å². The molecule has 4 atom stereocenters. The Morgan fingerprint density at radius 3 is 1.00 bits per heavy atom. The standard InChI is InChI=1S/C8H10O12/c9-1(5(11)12)3(7(15)16)19-20-4(8(17)18)2(10)6(13)14/h1-4,9-10H,(H,11,12)(H,13,14)(H,15,16)(H,17,18). The monoisotopic (exact) mass is 298 g/mol. The van der Waals surface area contributed by atoms with Crippen LogP contribution in [0, 0.1) is 0 Å². The molecule has 0 fully saturated rings. The van der Waals surface area contributed by atoms with E-state index in [1.54, 1.807) is 0 Å². The van der Waals surface area contributed by atoms with Crippen LogP contribution in [0.4, 0.5) is 0 Å². The molecule has 12 nitrogen and oxygen atoms in total. The molecule has 6 N–H and O–H groups in total. The highest BCUT2D eigenvalue weighted by molar-refractivity contribution is 5.84. The summed E-state index contributed by atoms with van der Waals surface area (Å²) in [6.45, 7) is 0. The van der Waals surface area contributed by atoms with Crippen molar-refractivity contribution < 1.29 is 59.6 Å². The van der Waals surface area contributed by atoms with Gasteiger partial charge in [-0.2, -0.15) is 0 Å². The van der Waals surface area contributed by atoms with Crippen LogP contribution in [0.25, 0.3) is 0 Å². The van der Waals surface area contributed by atoms with E-state index in [4.69, 9.17) is 30.6 Å². The largest absolute Gasteiger partial charge is 0.479 e. The maximum Gasteiger partial charge on any atom is 0.339 e. The highest BCUT2D eigenvalue weighted by Gasteiger charge is 2.39. The van der Waals surface area contributed by atoms with E-state index in [0.29, 0.717) is 0 Å². The summed E-state index contributed by atoms with van der Waals surface area (Å²) < 4.78 is 0. The summed E-state index contributed by atoms with van der Waals surface area (Å²) >= 11 is 0. The van der Waals surface area contributed by atoms with Gasteiger partial charge in [0.15, 0.2) is 12.2 Å². The third-order valence-electron chi connectivity index (χ3n) is 1.83. The molecule has 0 aromatic heterocycles. The Bertz CT molecular complexity index is 364. The van der Waals surface area contributed by atoms with Gasteiger partial charge in [0.25, 0.3) is 0 Å². The van der Waals surface area contributed by atoms with Crippen LogP contribution in [0.1, 0.15) is 0 Å². The van der Waals surface area contributed by atoms with Gasteiger partial charge in [-0.05, 0) is 0 Å². The lowest BCUT2D eigenvalue weighted by atomic mass is 10.2. The van der Waals surface area contributed by atoms with Crippen LogP contribution in [0.2, 0.25) is 0 Å². The Labute approximate surface area is 109 Å². The molecule has 0 heterocycles. The second kappa shape index (κ2) is 7.34. The van der Waals surface area contributed by atoms with Gasteiger partial charge in [0.2, 0.25) is 12.2 Å². The molecule has 0 aliphatic heterocycles. The number of carbonyl (C=O) groups is 4. The average Bonchev–Trinajstić information content (AvgIpc) is 2.31. The van der Waals surface area contributed by atoms with E-state index < -0.39 is 48.3 Å². The van der Waals surface area contributed by atoms with Gasteiger partial charge in [-0.3, -0.25) is 0 Å². The molecular weight excluding hydrogens is 288 g/mol. The molecule has 0 radical (unpaired) electrons. The molecule has 0 aromatic rings. The van der Waals surface area contributed by atoms with E-state index in [2.05, 4.69) is 9.78 Å². The minimum atomic E-state index is -2.61. The number of aliphatic hydroxyl groups excluding tert-OH is 2. The van der Waals surface area contributed by atoms with Crippen molar-refractivity contribution >= 4 is 23.9 Å². The van der Waals surface area contributed by atoms with Crippen LogP contribution < -0.4 is 0 Å². The van der Waals surface area contributed by atoms with Gasteiger partial charge in [0.1, 0.15) is 0 Å². The topological polar surface area (TPSA) is 208 Å².